The van der Waals surface area contributed by atoms with Crippen molar-refractivity contribution in [3.8, 4) is 0 Å². The molecule has 0 radical (unpaired) electrons. The lowest BCUT2D eigenvalue weighted by Crippen LogP contribution is -2.34. The van der Waals surface area contributed by atoms with E-state index in [9.17, 15) is 9.18 Å². The van der Waals surface area contributed by atoms with Gasteiger partial charge in [-0.3, -0.25) is 4.79 Å². The van der Waals surface area contributed by atoms with Gasteiger partial charge in [0.15, 0.2) is 0 Å². The number of amides is 1. The Morgan fingerprint density at radius 2 is 2.06 bits per heavy atom. The van der Waals surface area contributed by atoms with Gasteiger partial charge in [-0.1, -0.05) is 12.1 Å². The van der Waals surface area contributed by atoms with Gasteiger partial charge in [-0.25, -0.2) is 4.39 Å². The molecule has 0 aromatic heterocycles. The SMILES string of the molecule is O=C(c1ccccc1F)N1CCCNCC1. The third-order valence-corrected chi connectivity index (χ3v) is 2.73. The quantitative estimate of drug-likeness (QED) is 0.776. The third kappa shape index (κ3) is 2.39. The maximum Gasteiger partial charge on any atom is 0.256 e. The van der Waals surface area contributed by atoms with E-state index in [0.717, 1.165) is 19.5 Å². The first-order valence-electron chi connectivity index (χ1n) is 5.53. The van der Waals surface area contributed by atoms with E-state index >= 15 is 0 Å². The summed E-state index contributed by atoms with van der Waals surface area (Å²) in [5.74, 6) is -0.647. The van der Waals surface area contributed by atoms with Crippen molar-refractivity contribution in [2.24, 2.45) is 0 Å². The van der Waals surface area contributed by atoms with Crippen LogP contribution in [-0.4, -0.2) is 37.0 Å². The zero-order valence-corrected chi connectivity index (χ0v) is 9.08. The lowest BCUT2D eigenvalue weighted by atomic mass is 10.2. The number of hydrogen-bond acceptors (Lipinski definition) is 2. The molecular formula is C12H15FN2O. The molecule has 16 heavy (non-hydrogen) atoms. The first-order chi connectivity index (χ1) is 7.79. The molecule has 86 valence electrons. The number of carbonyl (C=O) groups is 1. The molecule has 1 saturated heterocycles. The van der Waals surface area contributed by atoms with Gasteiger partial charge in [-0.05, 0) is 25.1 Å². The molecule has 0 saturated carbocycles. The minimum absolute atomic E-state index is 0.171. The standard InChI is InChI=1S/C12H15FN2O/c13-11-5-2-1-4-10(11)12(16)15-8-3-6-14-7-9-15/h1-2,4-5,14H,3,6-9H2. The summed E-state index contributed by atoms with van der Waals surface area (Å²) in [6, 6.07) is 6.14. The lowest BCUT2D eigenvalue weighted by molar-refractivity contribution is 0.0761. The first-order valence-corrected chi connectivity index (χ1v) is 5.53. The predicted octanol–water partition coefficient (Wildman–Crippen LogP) is 1.26. The van der Waals surface area contributed by atoms with Crippen LogP contribution in [0.25, 0.3) is 0 Å². The fourth-order valence-corrected chi connectivity index (χ4v) is 1.85. The molecule has 1 aliphatic heterocycles. The van der Waals surface area contributed by atoms with Crippen LogP contribution in [-0.2, 0) is 0 Å². The van der Waals surface area contributed by atoms with Crippen molar-refractivity contribution in [2.75, 3.05) is 26.2 Å². The number of hydrogen-bond donors (Lipinski definition) is 1. The maximum atomic E-state index is 13.4. The van der Waals surface area contributed by atoms with Gasteiger partial charge < -0.3 is 10.2 Å². The minimum Gasteiger partial charge on any atom is -0.337 e. The summed E-state index contributed by atoms with van der Waals surface area (Å²) in [5, 5.41) is 3.21. The van der Waals surface area contributed by atoms with E-state index in [1.54, 1.807) is 17.0 Å². The van der Waals surface area contributed by atoms with E-state index < -0.39 is 5.82 Å². The van der Waals surface area contributed by atoms with Crippen LogP contribution < -0.4 is 5.32 Å². The Kier molecular flexibility index (Phi) is 3.51. The van der Waals surface area contributed by atoms with E-state index in [4.69, 9.17) is 0 Å². The predicted molar refractivity (Wildman–Crippen MR) is 59.8 cm³/mol. The molecule has 1 amide bonds. The van der Waals surface area contributed by atoms with E-state index in [1.807, 2.05) is 0 Å². The molecule has 4 heteroatoms. The minimum atomic E-state index is -0.440. The molecule has 0 bridgehead atoms. The number of nitrogens with one attached hydrogen (secondary N) is 1. The van der Waals surface area contributed by atoms with Crippen molar-refractivity contribution < 1.29 is 9.18 Å². The smallest absolute Gasteiger partial charge is 0.256 e. The summed E-state index contributed by atoms with van der Waals surface area (Å²) in [7, 11) is 0. The van der Waals surface area contributed by atoms with Crippen LogP contribution in [0.15, 0.2) is 24.3 Å². The average Bonchev–Trinajstić information content (AvgIpc) is 2.57. The van der Waals surface area contributed by atoms with Gasteiger partial charge in [-0.2, -0.15) is 0 Å². The highest BCUT2D eigenvalue weighted by atomic mass is 19.1. The molecule has 3 nitrogen and oxygen atoms in total. The molecule has 0 spiro atoms. The second-order valence-electron chi connectivity index (χ2n) is 3.88. The Labute approximate surface area is 94.3 Å². The number of benzene rings is 1. The van der Waals surface area contributed by atoms with Crippen LogP contribution >= 0.6 is 0 Å². The van der Waals surface area contributed by atoms with Crippen molar-refractivity contribution in [2.45, 2.75) is 6.42 Å². The molecular weight excluding hydrogens is 207 g/mol. The Morgan fingerprint density at radius 3 is 2.88 bits per heavy atom. The molecule has 0 atom stereocenters. The summed E-state index contributed by atoms with van der Waals surface area (Å²) >= 11 is 0. The largest absolute Gasteiger partial charge is 0.337 e. The Balaban J connectivity index is 2.14. The molecule has 1 aliphatic rings. The maximum absolute atomic E-state index is 13.4. The van der Waals surface area contributed by atoms with Crippen molar-refractivity contribution in [3.05, 3.63) is 35.6 Å². The van der Waals surface area contributed by atoms with Gasteiger partial charge in [0, 0.05) is 19.6 Å². The summed E-state index contributed by atoms with van der Waals surface area (Å²) in [6.45, 7) is 3.04. The zero-order chi connectivity index (χ0) is 11.4. The number of halogens is 1. The topological polar surface area (TPSA) is 32.3 Å². The van der Waals surface area contributed by atoms with Crippen molar-refractivity contribution in [3.63, 3.8) is 0 Å². The highest BCUT2D eigenvalue weighted by Crippen LogP contribution is 2.10. The van der Waals surface area contributed by atoms with Gasteiger partial charge in [0.2, 0.25) is 0 Å². The molecule has 0 aliphatic carbocycles. The fourth-order valence-electron chi connectivity index (χ4n) is 1.85. The van der Waals surface area contributed by atoms with Crippen molar-refractivity contribution in [1.29, 1.82) is 0 Å². The molecule has 1 fully saturated rings. The van der Waals surface area contributed by atoms with E-state index in [2.05, 4.69) is 5.32 Å². The van der Waals surface area contributed by atoms with Crippen molar-refractivity contribution >= 4 is 5.91 Å². The molecule has 1 N–H and O–H groups in total. The normalized spacial score (nSPS) is 16.9. The summed E-state index contributed by atoms with van der Waals surface area (Å²) in [5.41, 5.74) is 0.171. The zero-order valence-electron chi connectivity index (χ0n) is 9.08. The number of rotatable bonds is 1. The van der Waals surface area contributed by atoms with Gasteiger partial charge in [0.1, 0.15) is 5.82 Å². The Hall–Kier alpha value is -1.42. The van der Waals surface area contributed by atoms with Crippen LogP contribution in [0, 0.1) is 5.82 Å². The number of nitrogens with zero attached hydrogens (tertiary/aromatic N) is 1. The van der Waals surface area contributed by atoms with Crippen LogP contribution in [0.2, 0.25) is 0 Å². The highest BCUT2D eigenvalue weighted by Gasteiger charge is 2.19. The monoisotopic (exact) mass is 222 g/mol. The van der Waals surface area contributed by atoms with Gasteiger partial charge in [0.05, 0.1) is 5.56 Å². The van der Waals surface area contributed by atoms with Crippen molar-refractivity contribution in [1.82, 2.24) is 10.2 Å². The second kappa shape index (κ2) is 5.07. The molecule has 2 rings (SSSR count). The lowest BCUT2D eigenvalue weighted by Gasteiger charge is -2.20. The summed E-state index contributed by atoms with van der Waals surface area (Å²) in [4.78, 5) is 13.7. The van der Waals surface area contributed by atoms with E-state index in [1.165, 1.54) is 12.1 Å². The van der Waals surface area contributed by atoms with Crippen LogP contribution in [0.1, 0.15) is 16.8 Å². The first kappa shape index (κ1) is 11.1. The van der Waals surface area contributed by atoms with Crippen LogP contribution in [0.4, 0.5) is 4.39 Å². The molecule has 1 aromatic carbocycles. The van der Waals surface area contributed by atoms with E-state index in [0.29, 0.717) is 13.1 Å². The summed E-state index contributed by atoms with van der Waals surface area (Å²) in [6.07, 6.45) is 0.917. The molecule has 1 aromatic rings. The third-order valence-electron chi connectivity index (χ3n) is 2.73. The second-order valence-corrected chi connectivity index (χ2v) is 3.88. The molecule has 1 heterocycles. The Bertz CT molecular complexity index is 373. The summed E-state index contributed by atoms with van der Waals surface area (Å²) < 4.78 is 13.4. The van der Waals surface area contributed by atoms with Gasteiger partial charge in [-0.15, -0.1) is 0 Å². The highest BCUT2D eigenvalue weighted by molar-refractivity contribution is 5.94. The average molecular weight is 222 g/mol. The molecule has 0 unspecified atom stereocenters. The van der Waals surface area contributed by atoms with Crippen LogP contribution in [0.3, 0.4) is 0 Å². The number of carbonyl (C=O) groups excluding carboxylic acids is 1. The van der Waals surface area contributed by atoms with Crippen LogP contribution in [0.5, 0.6) is 0 Å². The van der Waals surface area contributed by atoms with Gasteiger partial charge in [0.25, 0.3) is 5.91 Å². The van der Waals surface area contributed by atoms with E-state index in [-0.39, 0.29) is 11.5 Å². The van der Waals surface area contributed by atoms with Gasteiger partial charge >= 0.3 is 0 Å². The Morgan fingerprint density at radius 1 is 1.25 bits per heavy atom. The fraction of sp³-hybridized carbons (Fsp3) is 0.417.